The Kier molecular flexibility index (Phi) is 37.0. The Morgan fingerprint density at radius 2 is 0.752 bits per heavy atom. The predicted molar refractivity (Wildman–Crippen MR) is 456 cm³/mol. The van der Waals surface area contributed by atoms with Gasteiger partial charge in [0.2, 0.25) is 29.8 Å². The van der Waals surface area contributed by atoms with Gasteiger partial charge in [-0.05, 0) is 169 Å². The summed E-state index contributed by atoms with van der Waals surface area (Å²) in [7, 11) is 9.99. The minimum atomic E-state index is 0.925. The second-order valence-electron chi connectivity index (χ2n) is 22.5. The van der Waals surface area contributed by atoms with Crippen LogP contribution in [-0.2, 0) is 35.2 Å². The van der Waals surface area contributed by atoms with E-state index in [0.29, 0.717) is 0 Å². The molecule has 0 amide bonds. The van der Waals surface area contributed by atoms with E-state index >= 15 is 0 Å². The van der Waals surface area contributed by atoms with Crippen molar-refractivity contribution in [2.24, 2.45) is 35.2 Å². The van der Waals surface area contributed by atoms with E-state index in [1.165, 1.54) is 119 Å². The Bertz CT molecular complexity index is 5180. The van der Waals surface area contributed by atoms with Gasteiger partial charge >= 0.3 is 0 Å². The average Bonchev–Trinajstić information content (AvgIpc) is 1.68. The van der Waals surface area contributed by atoms with Crippen molar-refractivity contribution >= 4 is 102 Å². The van der Waals surface area contributed by atoms with Gasteiger partial charge < -0.3 is 8.98 Å². The Balaban J connectivity index is 0.000000336. The molecule has 0 atom stereocenters. The smallest absolute Gasteiger partial charge is 0.224 e. The molecule has 0 N–H and O–H groups in total. The summed E-state index contributed by atoms with van der Waals surface area (Å²) in [4.78, 5) is 7.49. The first-order valence-electron chi connectivity index (χ1n) is 38.7. The van der Waals surface area contributed by atoms with Crippen LogP contribution in [-0.4, -0.2) is 44.1 Å². The van der Waals surface area contributed by atoms with Crippen molar-refractivity contribution in [3.05, 3.63) is 215 Å². The van der Waals surface area contributed by atoms with Crippen molar-refractivity contribution in [3.8, 4) is 17.1 Å². The van der Waals surface area contributed by atoms with Crippen molar-refractivity contribution in [2.45, 2.75) is 201 Å². The maximum Gasteiger partial charge on any atom is 0.224 e. The maximum absolute atomic E-state index is 5.90. The summed E-state index contributed by atoms with van der Waals surface area (Å²) in [6.07, 6.45) is 11.3. The van der Waals surface area contributed by atoms with Gasteiger partial charge in [-0.3, -0.25) is 0 Å². The number of rotatable bonds is 3. The van der Waals surface area contributed by atoms with Gasteiger partial charge in [-0.25, -0.2) is 0 Å². The fraction of sp³-hybridized carbons (Fsp3) is 0.378. The lowest BCUT2D eigenvalue weighted by molar-refractivity contribution is -0.688. The number of hydrogen-bond donors (Lipinski definition) is 0. The molecule has 8 aromatic carbocycles. The number of benzene rings is 8. The van der Waals surface area contributed by atoms with Crippen molar-refractivity contribution in [2.75, 3.05) is 0 Å². The molecule has 0 aliphatic carbocycles. The van der Waals surface area contributed by atoms with Crippen molar-refractivity contribution in [1.82, 2.24) is 44.1 Å². The number of para-hydroxylation sites is 3. The second kappa shape index (κ2) is 43.4. The lowest BCUT2D eigenvalue weighted by Gasteiger charge is -2.16. The average molecular weight is 1440 g/mol. The second-order valence-corrected chi connectivity index (χ2v) is 23.6. The van der Waals surface area contributed by atoms with E-state index in [-0.39, 0.29) is 0 Å². The molecule has 562 valence electrons. The van der Waals surface area contributed by atoms with E-state index in [1.807, 2.05) is 251 Å². The van der Waals surface area contributed by atoms with E-state index in [0.717, 1.165) is 38.9 Å². The molecule has 0 aliphatic rings. The van der Waals surface area contributed by atoms with E-state index in [4.69, 9.17) is 9.52 Å². The molecule has 0 radical (unpaired) electrons. The lowest BCUT2D eigenvalue weighted by atomic mass is 9.89. The van der Waals surface area contributed by atoms with E-state index < -0.39 is 0 Å². The van der Waals surface area contributed by atoms with Crippen molar-refractivity contribution in [3.63, 3.8) is 0 Å². The molecule has 14 nitrogen and oxygen atoms in total. The molecule has 0 bridgehead atoms. The van der Waals surface area contributed by atoms with Crippen LogP contribution in [0.2, 0.25) is 0 Å². The van der Waals surface area contributed by atoms with Gasteiger partial charge in [0.1, 0.15) is 11.2 Å². The van der Waals surface area contributed by atoms with Crippen LogP contribution in [0.4, 0.5) is 0 Å². The SMILES string of the molecule is CC.CC.CC.CC.CC.CC.CC.CC.CC.CC.Cc1c(C)c(C)c2c(c1C)c1cccc(C)c1[n+]1c2c(C)nn1C.Cc1cc2c(cc1-[n+]1ccnn1C)c1ccccc1n2C.Cc1cc2oc3ccccc3c2cc1-[n+]1ccnn1C.Cc1cc2sc3ccccc3c2cc1-[n+]1ccnn1C. The van der Waals surface area contributed by atoms with Crippen molar-refractivity contribution < 1.29 is 23.0 Å². The highest BCUT2D eigenvalue weighted by molar-refractivity contribution is 7.25. The quantitative estimate of drug-likeness (QED) is 0.129. The molecule has 16 aromatic rings. The monoisotopic (exact) mass is 1440 g/mol. The predicted octanol–water partition coefficient (Wildman–Crippen LogP) is 23.5. The Morgan fingerprint density at radius 3 is 1.27 bits per heavy atom. The molecule has 0 unspecified atom stereocenters. The van der Waals surface area contributed by atoms with Crippen LogP contribution in [0, 0.1) is 62.3 Å². The van der Waals surface area contributed by atoms with Crippen LogP contribution < -0.4 is 18.6 Å². The molecule has 16 rings (SSSR count). The van der Waals surface area contributed by atoms with Crippen molar-refractivity contribution in [1.29, 1.82) is 0 Å². The first-order valence-corrected chi connectivity index (χ1v) is 39.5. The van der Waals surface area contributed by atoms with Crippen LogP contribution in [0.3, 0.4) is 0 Å². The van der Waals surface area contributed by atoms with Gasteiger partial charge in [0.15, 0.2) is 41.2 Å². The van der Waals surface area contributed by atoms with Gasteiger partial charge in [0, 0.05) is 114 Å². The largest absolute Gasteiger partial charge is 0.456 e. The minimum absolute atomic E-state index is 0.925. The molecular formula is C90H129N13OS+4. The summed E-state index contributed by atoms with van der Waals surface area (Å²) in [6.45, 7) is 59.7. The highest BCUT2D eigenvalue weighted by atomic mass is 32.1. The number of aromatic nitrogens is 13. The van der Waals surface area contributed by atoms with E-state index in [1.54, 1.807) is 6.20 Å². The zero-order valence-electron chi connectivity index (χ0n) is 70.7. The van der Waals surface area contributed by atoms with Gasteiger partial charge in [0.05, 0.1) is 28.2 Å². The summed E-state index contributed by atoms with van der Waals surface area (Å²) in [5.74, 6) is 0. The molecule has 15 heteroatoms. The molecule has 0 spiro atoms. The number of furan rings is 1. The highest BCUT2D eigenvalue weighted by Crippen LogP contribution is 2.39. The summed E-state index contributed by atoms with van der Waals surface area (Å²) in [5.41, 5.74) is 21.9. The van der Waals surface area contributed by atoms with Crippen LogP contribution in [0.1, 0.15) is 189 Å². The van der Waals surface area contributed by atoms with Crippen LogP contribution in [0.15, 0.2) is 169 Å². The molecule has 105 heavy (non-hydrogen) atoms. The fourth-order valence-electron chi connectivity index (χ4n) is 12.7. The van der Waals surface area contributed by atoms with Gasteiger partial charge in [0.25, 0.3) is 0 Å². The third-order valence-electron chi connectivity index (χ3n) is 17.4. The molecular weight excluding hydrogens is 1310 g/mol. The van der Waals surface area contributed by atoms with Gasteiger partial charge in [-0.1, -0.05) is 205 Å². The number of hydrogen-bond acceptors (Lipinski definition) is 6. The number of fused-ring (bicyclic) bond motifs is 15. The van der Waals surface area contributed by atoms with Crippen LogP contribution in [0.5, 0.6) is 0 Å². The molecule has 0 aliphatic heterocycles. The first-order chi connectivity index (χ1) is 51.0. The fourth-order valence-corrected chi connectivity index (χ4v) is 13.9. The molecule has 0 saturated heterocycles. The third-order valence-corrected chi connectivity index (χ3v) is 18.5. The summed E-state index contributed by atoms with van der Waals surface area (Å²) >= 11 is 1.85. The van der Waals surface area contributed by atoms with Crippen LogP contribution in [0.25, 0.3) is 108 Å². The standard InChI is InChI=1S/C21H24N3.C17H17N4.C16H14N3O.C16H14N3S.10C2H6/c1-11-9-8-10-17-18-14(4)12(2)13(3)15(5)19(18)21-16(6)22-23(7)24(21)20(11)17;1-12-10-17-14(11-16(12)21-9-8-18-20(21)3)13-6-4-5-7-15(13)19(17)2;2*1-11-9-16-13(12-5-3-4-6-15(12)20-16)10-14(11)19-8-7-17-18(19)2;10*1-2/h8-10H,1-7H3;4-11H,1-3H3;2*3-10H,1-2H3;10*1-2H3/q4*+1;;;;;;;;;;. The van der Waals surface area contributed by atoms with E-state index in [9.17, 15) is 0 Å². The molecule has 0 saturated carbocycles. The summed E-state index contributed by atoms with van der Waals surface area (Å²) < 4.78 is 19.3. The molecule has 8 heterocycles. The Labute approximate surface area is 633 Å². The van der Waals surface area contributed by atoms with Gasteiger partial charge in [-0.15, -0.1) is 29.9 Å². The van der Waals surface area contributed by atoms with Crippen LogP contribution >= 0.6 is 11.3 Å². The highest BCUT2D eigenvalue weighted by Gasteiger charge is 2.27. The zero-order chi connectivity index (χ0) is 79.3. The number of nitrogens with zero attached hydrogens (tertiary/aromatic N) is 13. The topological polar surface area (TPSA) is 105 Å². The maximum atomic E-state index is 5.90. The summed E-state index contributed by atoms with van der Waals surface area (Å²) in [6, 6.07) is 45.2. The third kappa shape index (κ3) is 18.6. The number of thiophene rings is 1. The van der Waals surface area contributed by atoms with Gasteiger partial charge in [-0.2, -0.15) is 0 Å². The lowest BCUT2D eigenvalue weighted by Crippen LogP contribution is -2.39. The molecule has 0 fully saturated rings. The molecule has 8 aromatic heterocycles. The number of pyridine rings is 1. The number of aryl methyl sites for hydroxylation is 12. The Morgan fingerprint density at radius 1 is 0.324 bits per heavy atom. The zero-order valence-corrected chi connectivity index (χ0v) is 71.5. The normalized spacial score (nSPS) is 10.0. The van der Waals surface area contributed by atoms with E-state index in [2.05, 4.69) is 212 Å². The first kappa shape index (κ1) is 89.4. The minimum Gasteiger partial charge on any atom is -0.456 e. The summed E-state index contributed by atoms with van der Waals surface area (Å²) in [5, 5.41) is 29.0. The Hall–Kier alpha value is -9.86.